The maximum Gasteiger partial charge on any atom is 0.251 e. The van der Waals surface area contributed by atoms with Gasteiger partial charge in [-0.15, -0.1) is 0 Å². The number of carbonyl (C=O) groups is 1. The molecule has 2 rings (SSSR count). The molecule has 3 heteroatoms. The fourth-order valence-corrected chi connectivity index (χ4v) is 2.30. The van der Waals surface area contributed by atoms with Crippen molar-refractivity contribution in [2.45, 2.75) is 26.8 Å². The van der Waals surface area contributed by atoms with Crippen molar-refractivity contribution in [1.82, 2.24) is 5.32 Å². The van der Waals surface area contributed by atoms with E-state index in [4.69, 9.17) is 0 Å². The van der Waals surface area contributed by atoms with Crippen LogP contribution in [0.5, 0.6) is 0 Å². The third-order valence-corrected chi connectivity index (χ3v) is 3.68. The minimum Gasteiger partial charge on any atom is -0.388 e. The van der Waals surface area contributed by atoms with Crippen LogP contribution in [0.2, 0.25) is 0 Å². The zero-order valence-electron chi connectivity index (χ0n) is 13.0. The Morgan fingerprint density at radius 3 is 2.29 bits per heavy atom. The first-order chi connectivity index (χ1) is 10.0. The summed E-state index contributed by atoms with van der Waals surface area (Å²) in [5, 5.41) is 6.14. The van der Waals surface area contributed by atoms with Gasteiger partial charge in [0.15, 0.2) is 0 Å². The Balaban J connectivity index is 2.10. The van der Waals surface area contributed by atoms with Gasteiger partial charge in [-0.1, -0.05) is 29.8 Å². The van der Waals surface area contributed by atoms with Crippen LogP contribution < -0.4 is 10.6 Å². The first-order valence-electron chi connectivity index (χ1n) is 7.17. The number of nitrogens with one attached hydrogen (secondary N) is 2. The van der Waals surface area contributed by atoms with Gasteiger partial charge in [0.05, 0.1) is 6.04 Å². The molecule has 21 heavy (non-hydrogen) atoms. The molecule has 0 heterocycles. The third-order valence-electron chi connectivity index (χ3n) is 3.68. The molecule has 0 aliphatic carbocycles. The molecule has 0 bridgehead atoms. The summed E-state index contributed by atoms with van der Waals surface area (Å²) in [4.78, 5) is 12.3. The molecule has 1 unspecified atom stereocenters. The molecule has 2 N–H and O–H groups in total. The van der Waals surface area contributed by atoms with Crippen LogP contribution in [-0.2, 0) is 0 Å². The summed E-state index contributed by atoms with van der Waals surface area (Å²) in [5.74, 6) is -0.0474. The standard InChI is InChI=1S/C18H22N2O/c1-12-5-7-15(8-6-12)14(3)20-18(21)16-9-10-17(19-4)13(2)11-16/h5-11,14,19H,1-4H3,(H,20,21). The molecule has 3 nitrogen and oxygen atoms in total. The molecule has 0 saturated heterocycles. The topological polar surface area (TPSA) is 41.1 Å². The predicted molar refractivity (Wildman–Crippen MR) is 87.8 cm³/mol. The van der Waals surface area contributed by atoms with Gasteiger partial charge in [0.25, 0.3) is 5.91 Å². The fraction of sp³-hybridized carbons (Fsp3) is 0.278. The average molecular weight is 282 g/mol. The molecule has 0 aromatic heterocycles. The number of amides is 1. The van der Waals surface area contributed by atoms with E-state index in [-0.39, 0.29) is 11.9 Å². The largest absolute Gasteiger partial charge is 0.388 e. The van der Waals surface area contributed by atoms with Crippen molar-refractivity contribution in [3.05, 3.63) is 64.7 Å². The molecule has 0 fully saturated rings. The lowest BCUT2D eigenvalue weighted by molar-refractivity contribution is 0.0940. The van der Waals surface area contributed by atoms with Crippen molar-refractivity contribution in [3.63, 3.8) is 0 Å². The summed E-state index contributed by atoms with van der Waals surface area (Å²) in [6.45, 7) is 6.04. The average Bonchev–Trinajstić information content (AvgIpc) is 2.47. The molecule has 1 amide bonds. The Hall–Kier alpha value is -2.29. The van der Waals surface area contributed by atoms with Crippen molar-refractivity contribution in [3.8, 4) is 0 Å². The molecule has 0 radical (unpaired) electrons. The zero-order valence-corrected chi connectivity index (χ0v) is 13.0. The first-order valence-corrected chi connectivity index (χ1v) is 7.17. The molecule has 2 aromatic carbocycles. The van der Waals surface area contributed by atoms with Crippen molar-refractivity contribution >= 4 is 11.6 Å². The summed E-state index contributed by atoms with van der Waals surface area (Å²) in [5.41, 5.74) is 5.12. The van der Waals surface area contributed by atoms with Gasteiger partial charge in [0.2, 0.25) is 0 Å². The lowest BCUT2D eigenvalue weighted by Crippen LogP contribution is -2.26. The van der Waals surface area contributed by atoms with E-state index in [0.717, 1.165) is 16.8 Å². The molecule has 0 aliphatic rings. The molecular weight excluding hydrogens is 260 g/mol. The molecular formula is C18H22N2O. The van der Waals surface area contributed by atoms with Crippen LogP contribution >= 0.6 is 0 Å². The lowest BCUT2D eigenvalue weighted by Gasteiger charge is -2.15. The number of benzene rings is 2. The molecule has 1 atom stereocenters. The molecule has 110 valence electrons. The van der Waals surface area contributed by atoms with Crippen LogP contribution in [0.3, 0.4) is 0 Å². The van der Waals surface area contributed by atoms with Gasteiger partial charge in [-0.2, -0.15) is 0 Å². The summed E-state index contributed by atoms with van der Waals surface area (Å²) in [6.07, 6.45) is 0. The lowest BCUT2D eigenvalue weighted by atomic mass is 10.1. The van der Waals surface area contributed by atoms with E-state index in [1.807, 2.05) is 39.1 Å². The van der Waals surface area contributed by atoms with E-state index in [1.54, 1.807) is 0 Å². The number of hydrogen-bond acceptors (Lipinski definition) is 2. The van der Waals surface area contributed by atoms with E-state index >= 15 is 0 Å². The van der Waals surface area contributed by atoms with Gasteiger partial charge in [-0.05, 0) is 50.1 Å². The van der Waals surface area contributed by atoms with Crippen LogP contribution in [0.15, 0.2) is 42.5 Å². The van der Waals surface area contributed by atoms with Crippen LogP contribution in [0.25, 0.3) is 0 Å². The molecule has 2 aromatic rings. The highest BCUT2D eigenvalue weighted by atomic mass is 16.1. The van der Waals surface area contributed by atoms with Gasteiger partial charge < -0.3 is 10.6 Å². The third kappa shape index (κ3) is 3.63. The number of anilines is 1. The van der Waals surface area contributed by atoms with Crippen LogP contribution in [0.4, 0.5) is 5.69 Å². The quantitative estimate of drug-likeness (QED) is 0.894. The number of hydrogen-bond donors (Lipinski definition) is 2. The highest BCUT2D eigenvalue weighted by molar-refractivity contribution is 5.95. The summed E-state index contributed by atoms with van der Waals surface area (Å²) in [6, 6.07) is 13.9. The molecule has 0 spiro atoms. The molecule has 0 saturated carbocycles. The minimum absolute atomic E-state index is 0.0117. The smallest absolute Gasteiger partial charge is 0.251 e. The Bertz CT molecular complexity index is 632. The van der Waals surface area contributed by atoms with Crippen molar-refractivity contribution in [2.75, 3.05) is 12.4 Å². The summed E-state index contributed by atoms with van der Waals surface area (Å²) >= 11 is 0. The predicted octanol–water partition coefficient (Wildman–Crippen LogP) is 3.84. The van der Waals surface area contributed by atoms with Gasteiger partial charge in [0.1, 0.15) is 0 Å². The van der Waals surface area contributed by atoms with E-state index in [1.165, 1.54) is 5.56 Å². The SMILES string of the molecule is CNc1ccc(C(=O)NC(C)c2ccc(C)cc2)cc1C. The second kappa shape index (κ2) is 6.44. The highest BCUT2D eigenvalue weighted by Crippen LogP contribution is 2.17. The number of aryl methyl sites for hydroxylation is 2. The van der Waals surface area contributed by atoms with Crippen molar-refractivity contribution < 1.29 is 4.79 Å². The van der Waals surface area contributed by atoms with Gasteiger partial charge in [-0.25, -0.2) is 0 Å². The minimum atomic E-state index is -0.0474. The number of carbonyl (C=O) groups excluding carboxylic acids is 1. The maximum atomic E-state index is 12.3. The Morgan fingerprint density at radius 2 is 1.71 bits per heavy atom. The molecule has 0 aliphatic heterocycles. The van der Waals surface area contributed by atoms with Crippen molar-refractivity contribution in [2.24, 2.45) is 0 Å². The maximum absolute atomic E-state index is 12.3. The van der Waals surface area contributed by atoms with Crippen LogP contribution in [0, 0.1) is 13.8 Å². The van der Waals surface area contributed by atoms with Crippen molar-refractivity contribution in [1.29, 1.82) is 0 Å². The van der Waals surface area contributed by atoms with Gasteiger partial charge >= 0.3 is 0 Å². The van der Waals surface area contributed by atoms with Gasteiger partial charge in [0, 0.05) is 18.3 Å². The van der Waals surface area contributed by atoms with E-state index < -0.39 is 0 Å². The van der Waals surface area contributed by atoms with E-state index in [0.29, 0.717) is 5.56 Å². The summed E-state index contributed by atoms with van der Waals surface area (Å²) < 4.78 is 0. The normalized spacial score (nSPS) is 11.8. The zero-order chi connectivity index (χ0) is 15.4. The van der Waals surface area contributed by atoms with Crippen LogP contribution in [-0.4, -0.2) is 13.0 Å². The fourth-order valence-electron chi connectivity index (χ4n) is 2.30. The Morgan fingerprint density at radius 1 is 1.05 bits per heavy atom. The second-order valence-corrected chi connectivity index (χ2v) is 5.39. The van der Waals surface area contributed by atoms with Crippen LogP contribution in [0.1, 0.15) is 40.0 Å². The van der Waals surface area contributed by atoms with Gasteiger partial charge in [-0.3, -0.25) is 4.79 Å². The summed E-state index contributed by atoms with van der Waals surface area (Å²) in [7, 11) is 1.88. The highest BCUT2D eigenvalue weighted by Gasteiger charge is 2.12. The van der Waals surface area contributed by atoms with E-state index in [9.17, 15) is 4.79 Å². The van der Waals surface area contributed by atoms with E-state index in [2.05, 4.69) is 41.8 Å². The monoisotopic (exact) mass is 282 g/mol. The first kappa shape index (κ1) is 15.1. The second-order valence-electron chi connectivity index (χ2n) is 5.39. The Labute approximate surface area is 126 Å². The number of rotatable bonds is 4. The Kier molecular flexibility index (Phi) is 4.63.